The molecule has 0 aliphatic carbocycles. The lowest BCUT2D eigenvalue weighted by Gasteiger charge is -2.23. The average molecular weight is 242 g/mol. The van der Waals surface area contributed by atoms with Crippen LogP contribution in [0.4, 0.5) is 4.79 Å². The molecule has 1 heterocycles. The Kier molecular flexibility index (Phi) is 3.75. The minimum Gasteiger partial charge on any atom is -0.444 e. The Morgan fingerprint density at radius 2 is 2.00 bits per heavy atom. The highest BCUT2D eigenvalue weighted by atomic mass is 16.6. The third-order valence-electron chi connectivity index (χ3n) is 2.17. The molecule has 1 fully saturated rings. The highest BCUT2D eigenvalue weighted by Gasteiger charge is 2.36. The predicted octanol–water partition coefficient (Wildman–Crippen LogP) is 0.311. The first-order valence-corrected chi connectivity index (χ1v) is 5.47. The lowest BCUT2D eigenvalue weighted by atomic mass is 10.2. The summed E-state index contributed by atoms with van der Waals surface area (Å²) in [6.45, 7) is 6.77. The van der Waals surface area contributed by atoms with Crippen LogP contribution in [0, 0.1) is 0 Å². The van der Waals surface area contributed by atoms with Crippen LogP contribution >= 0.6 is 0 Å². The number of amides is 2. The van der Waals surface area contributed by atoms with E-state index in [2.05, 4.69) is 5.32 Å². The molecule has 1 rings (SSSR count). The van der Waals surface area contributed by atoms with Crippen LogP contribution in [0.1, 0.15) is 27.7 Å². The predicted molar refractivity (Wildman–Crippen MR) is 60.4 cm³/mol. The standard InChI is InChI=1S/C11H18N2O4/c1-7(14)12-8-5-13(6-9(8)15)10(16)17-11(2,3)4/h8H,5-6H2,1-4H3,(H,12,14)/t8-/m1/s1. The highest BCUT2D eigenvalue weighted by molar-refractivity contribution is 5.94. The largest absolute Gasteiger partial charge is 0.444 e. The summed E-state index contributed by atoms with van der Waals surface area (Å²) in [6.07, 6.45) is -0.529. The Bertz CT molecular complexity index is 346. The summed E-state index contributed by atoms with van der Waals surface area (Å²) in [5, 5.41) is 2.50. The van der Waals surface area contributed by atoms with E-state index in [1.165, 1.54) is 11.8 Å². The topological polar surface area (TPSA) is 75.7 Å². The van der Waals surface area contributed by atoms with Crippen molar-refractivity contribution in [2.75, 3.05) is 13.1 Å². The number of carbonyl (C=O) groups is 3. The lowest BCUT2D eigenvalue weighted by molar-refractivity contribution is -0.124. The number of rotatable bonds is 1. The highest BCUT2D eigenvalue weighted by Crippen LogP contribution is 2.13. The molecule has 0 aromatic carbocycles. The van der Waals surface area contributed by atoms with Crippen molar-refractivity contribution in [3.63, 3.8) is 0 Å². The number of ether oxygens (including phenoxy) is 1. The average Bonchev–Trinajstić information content (AvgIpc) is 2.44. The second kappa shape index (κ2) is 4.73. The van der Waals surface area contributed by atoms with Crippen molar-refractivity contribution in [3.05, 3.63) is 0 Å². The molecule has 0 unspecified atom stereocenters. The van der Waals surface area contributed by atoms with Gasteiger partial charge in [0.15, 0.2) is 5.78 Å². The molecule has 17 heavy (non-hydrogen) atoms. The fourth-order valence-corrected chi connectivity index (χ4v) is 1.52. The van der Waals surface area contributed by atoms with Gasteiger partial charge >= 0.3 is 6.09 Å². The Hall–Kier alpha value is -1.59. The van der Waals surface area contributed by atoms with Crippen molar-refractivity contribution in [2.24, 2.45) is 0 Å². The fraction of sp³-hybridized carbons (Fsp3) is 0.727. The maximum absolute atomic E-state index is 11.7. The van der Waals surface area contributed by atoms with Gasteiger partial charge in [-0.15, -0.1) is 0 Å². The van der Waals surface area contributed by atoms with Gasteiger partial charge in [-0.2, -0.15) is 0 Å². The van der Waals surface area contributed by atoms with E-state index in [0.717, 1.165) is 0 Å². The number of hydrogen-bond donors (Lipinski definition) is 1. The molecule has 6 heteroatoms. The molecule has 0 saturated carbocycles. The van der Waals surface area contributed by atoms with Crippen LogP contribution in [-0.2, 0) is 14.3 Å². The molecule has 96 valence electrons. The minimum absolute atomic E-state index is 0.0140. The van der Waals surface area contributed by atoms with Crippen LogP contribution in [0.25, 0.3) is 0 Å². The van der Waals surface area contributed by atoms with Crippen molar-refractivity contribution in [2.45, 2.75) is 39.3 Å². The quantitative estimate of drug-likeness (QED) is 0.718. The molecule has 0 bridgehead atoms. The van der Waals surface area contributed by atoms with Gasteiger partial charge in [-0.1, -0.05) is 0 Å². The van der Waals surface area contributed by atoms with Crippen LogP contribution in [0.5, 0.6) is 0 Å². The maximum Gasteiger partial charge on any atom is 0.410 e. The van der Waals surface area contributed by atoms with Gasteiger partial charge in [0.1, 0.15) is 11.6 Å². The van der Waals surface area contributed by atoms with Gasteiger partial charge in [-0.25, -0.2) is 4.79 Å². The van der Waals surface area contributed by atoms with Gasteiger partial charge in [-0.05, 0) is 20.8 Å². The summed E-state index contributed by atoms with van der Waals surface area (Å²) in [7, 11) is 0. The van der Waals surface area contributed by atoms with Crippen molar-refractivity contribution in [1.82, 2.24) is 10.2 Å². The normalized spacial score (nSPS) is 20.4. The molecule has 2 amide bonds. The van der Waals surface area contributed by atoms with Gasteiger partial charge in [0, 0.05) is 6.92 Å². The SMILES string of the molecule is CC(=O)N[C@@H]1CN(C(=O)OC(C)(C)C)CC1=O. The molecular weight excluding hydrogens is 224 g/mol. The molecule has 6 nitrogen and oxygen atoms in total. The van der Waals surface area contributed by atoms with Crippen LogP contribution in [0.3, 0.4) is 0 Å². The van der Waals surface area contributed by atoms with E-state index in [4.69, 9.17) is 4.74 Å². The van der Waals surface area contributed by atoms with Crippen molar-refractivity contribution in [1.29, 1.82) is 0 Å². The zero-order valence-electron chi connectivity index (χ0n) is 10.6. The van der Waals surface area contributed by atoms with Crippen LogP contribution in [0.15, 0.2) is 0 Å². The van der Waals surface area contributed by atoms with Gasteiger partial charge in [0.2, 0.25) is 5.91 Å². The van der Waals surface area contributed by atoms with E-state index in [9.17, 15) is 14.4 Å². The van der Waals surface area contributed by atoms with E-state index >= 15 is 0 Å². The first-order valence-electron chi connectivity index (χ1n) is 5.47. The number of Topliss-reactive ketones (excluding diaryl/α,β-unsaturated/α-hetero) is 1. The minimum atomic E-state index is -0.611. The number of nitrogens with zero attached hydrogens (tertiary/aromatic N) is 1. The van der Waals surface area contributed by atoms with Gasteiger partial charge in [-0.3, -0.25) is 14.5 Å². The number of likely N-dealkylation sites (tertiary alicyclic amines) is 1. The van der Waals surface area contributed by atoms with Crippen LogP contribution in [0.2, 0.25) is 0 Å². The molecule has 1 aliphatic rings. The molecule has 0 aromatic heterocycles. The van der Waals surface area contributed by atoms with Crippen molar-refractivity contribution < 1.29 is 19.1 Å². The number of carbonyl (C=O) groups excluding carboxylic acids is 3. The smallest absolute Gasteiger partial charge is 0.410 e. The molecule has 1 atom stereocenters. The molecule has 1 aliphatic heterocycles. The molecule has 0 radical (unpaired) electrons. The number of nitrogens with one attached hydrogen (secondary N) is 1. The zero-order valence-corrected chi connectivity index (χ0v) is 10.6. The van der Waals surface area contributed by atoms with Gasteiger partial charge in [0.25, 0.3) is 0 Å². The molecule has 0 spiro atoms. The Balaban J connectivity index is 2.57. The van der Waals surface area contributed by atoms with Crippen molar-refractivity contribution in [3.8, 4) is 0 Å². The molecular formula is C11H18N2O4. The monoisotopic (exact) mass is 242 g/mol. The molecule has 1 N–H and O–H groups in total. The van der Waals surface area contributed by atoms with E-state index in [1.807, 2.05) is 0 Å². The number of hydrogen-bond acceptors (Lipinski definition) is 4. The van der Waals surface area contributed by atoms with E-state index in [0.29, 0.717) is 0 Å². The van der Waals surface area contributed by atoms with Crippen molar-refractivity contribution >= 4 is 17.8 Å². The zero-order chi connectivity index (χ0) is 13.2. The summed E-state index contributed by atoms with van der Waals surface area (Å²) in [4.78, 5) is 35.4. The Labute approximate surface area is 100 Å². The second-order valence-electron chi connectivity index (χ2n) is 5.08. The van der Waals surface area contributed by atoms with Crippen LogP contribution < -0.4 is 5.32 Å². The number of ketones is 1. The van der Waals surface area contributed by atoms with E-state index in [-0.39, 0.29) is 24.8 Å². The summed E-state index contributed by atoms with van der Waals surface area (Å²) < 4.78 is 5.15. The van der Waals surface area contributed by atoms with Crippen LogP contribution in [-0.4, -0.2) is 47.4 Å². The Morgan fingerprint density at radius 1 is 1.41 bits per heavy atom. The third kappa shape index (κ3) is 4.05. The van der Waals surface area contributed by atoms with Gasteiger partial charge in [0.05, 0.1) is 13.1 Å². The summed E-state index contributed by atoms with van der Waals surface area (Å²) in [5.74, 6) is -0.458. The summed E-state index contributed by atoms with van der Waals surface area (Å²) in [5.41, 5.74) is -0.591. The van der Waals surface area contributed by atoms with E-state index in [1.54, 1.807) is 20.8 Å². The molecule has 1 saturated heterocycles. The Morgan fingerprint density at radius 3 is 2.47 bits per heavy atom. The van der Waals surface area contributed by atoms with E-state index < -0.39 is 17.7 Å². The summed E-state index contributed by atoms with van der Waals surface area (Å²) in [6, 6.07) is -0.611. The summed E-state index contributed by atoms with van der Waals surface area (Å²) >= 11 is 0. The first kappa shape index (κ1) is 13.5. The lowest BCUT2D eigenvalue weighted by Crippen LogP contribution is -2.40. The first-order chi connectivity index (χ1) is 7.69. The van der Waals surface area contributed by atoms with Gasteiger partial charge < -0.3 is 10.1 Å². The fourth-order valence-electron chi connectivity index (χ4n) is 1.52. The second-order valence-corrected chi connectivity index (χ2v) is 5.08. The third-order valence-corrected chi connectivity index (χ3v) is 2.17. The maximum atomic E-state index is 11.7. The molecule has 0 aromatic rings.